The van der Waals surface area contributed by atoms with Crippen molar-refractivity contribution in [3.8, 4) is 23.0 Å². The van der Waals surface area contributed by atoms with Crippen LogP contribution in [0.2, 0.25) is 0 Å². The molecule has 0 spiro atoms. The molecule has 0 bridgehead atoms. The maximum atomic E-state index is 5.80. The summed E-state index contributed by atoms with van der Waals surface area (Å²) in [5, 5.41) is 4.62. The van der Waals surface area contributed by atoms with Crippen LogP contribution in [0.25, 0.3) is 11.5 Å². The summed E-state index contributed by atoms with van der Waals surface area (Å²) in [6.45, 7) is 0.698. The molecule has 0 saturated heterocycles. The van der Waals surface area contributed by atoms with E-state index < -0.39 is 0 Å². The first-order valence-corrected chi connectivity index (χ1v) is 10.4. The zero-order valence-corrected chi connectivity index (χ0v) is 17.8. The lowest BCUT2D eigenvalue weighted by atomic mass is 9.98. The van der Waals surface area contributed by atoms with Crippen LogP contribution in [0, 0.1) is 4.84 Å². The molecule has 0 amide bonds. The third kappa shape index (κ3) is 3.97. The molecule has 1 aromatic heterocycles. The van der Waals surface area contributed by atoms with Gasteiger partial charge in [0.15, 0.2) is 11.5 Å². The molecule has 0 atom stereocenters. The van der Waals surface area contributed by atoms with Gasteiger partial charge >= 0.3 is 0 Å². The van der Waals surface area contributed by atoms with Crippen LogP contribution in [0.4, 0.5) is 0 Å². The Morgan fingerprint density at radius 3 is 2.26 bits per heavy atom. The fourth-order valence-electron chi connectivity index (χ4n) is 3.81. The van der Waals surface area contributed by atoms with Crippen LogP contribution in [0.15, 0.2) is 83.3 Å². The topological polar surface area (TPSA) is 52.7 Å². The third-order valence-corrected chi connectivity index (χ3v) is 5.55. The summed E-state index contributed by atoms with van der Waals surface area (Å²) < 4.78 is 18.3. The maximum Gasteiger partial charge on any atom is 0.288 e. The van der Waals surface area contributed by atoms with Crippen LogP contribution in [-0.2, 0) is 6.67 Å². The molecule has 156 valence electrons. The van der Waals surface area contributed by atoms with Gasteiger partial charge in [0.25, 0.3) is 4.84 Å². The monoisotopic (exact) mass is 431 g/mol. The lowest BCUT2D eigenvalue weighted by Crippen LogP contribution is -2.28. The molecule has 0 fully saturated rings. The fraction of sp³-hybridized carbons (Fsp3) is 0.167. The number of nitrogens with zero attached hydrogens (tertiary/aromatic N) is 3. The predicted molar refractivity (Wildman–Crippen MR) is 119 cm³/mol. The molecule has 6 nitrogen and oxygen atoms in total. The Kier molecular flexibility index (Phi) is 5.28. The van der Waals surface area contributed by atoms with Crippen molar-refractivity contribution in [2.45, 2.75) is 12.7 Å². The van der Waals surface area contributed by atoms with Crippen molar-refractivity contribution in [3.63, 3.8) is 0 Å². The molecule has 0 saturated carbocycles. The van der Waals surface area contributed by atoms with Gasteiger partial charge in [-0.3, -0.25) is 4.90 Å². The minimum Gasteiger partial charge on any atom is -0.454 e. The van der Waals surface area contributed by atoms with Crippen LogP contribution in [-0.4, -0.2) is 28.5 Å². The second-order valence-corrected chi connectivity index (χ2v) is 7.71. The Labute approximate surface area is 185 Å². The molecule has 3 aromatic carbocycles. The SMILES string of the molecule is CN(Cn1nc(-c2ccc3c(c2)OCO3)oc1=S)C(c1ccccc1)c1ccccc1. The minimum atomic E-state index is 0.0509. The summed E-state index contributed by atoms with van der Waals surface area (Å²) in [6, 6.07) is 26.4. The highest BCUT2D eigenvalue weighted by molar-refractivity contribution is 7.71. The average molecular weight is 432 g/mol. The summed E-state index contributed by atoms with van der Waals surface area (Å²) >= 11 is 5.46. The van der Waals surface area contributed by atoms with E-state index >= 15 is 0 Å². The summed E-state index contributed by atoms with van der Waals surface area (Å²) in [7, 11) is 2.06. The van der Waals surface area contributed by atoms with Crippen molar-refractivity contribution in [3.05, 3.63) is 94.8 Å². The second kappa shape index (κ2) is 8.37. The largest absolute Gasteiger partial charge is 0.454 e. The Balaban J connectivity index is 1.44. The minimum absolute atomic E-state index is 0.0509. The molecule has 0 radical (unpaired) electrons. The first-order chi connectivity index (χ1) is 15.2. The van der Waals surface area contributed by atoms with E-state index in [4.69, 9.17) is 26.1 Å². The van der Waals surface area contributed by atoms with Crippen molar-refractivity contribution in [2.75, 3.05) is 13.8 Å². The Morgan fingerprint density at radius 1 is 0.935 bits per heavy atom. The van der Waals surface area contributed by atoms with E-state index in [1.165, 1.54) is 11.1 Å². The maximum absolute atomic E-state index is 5.80. The van der Waals surface area contributed by atoms with Crippen LogP contribution in [0.3, 0.4) is 0 Å². The first-order valence-electron chi connectivity index (χ1n) is 9.97. The smallest absolute Gasteiger partial charge is 0.288 e. The van der Waals surface area contributed by atoms with Crippen molar-refractivity contribution < 1.29 is 13.9 Å². The highest BCUT2D eigenvalue weighted by Gasteiger charge is 2.21. The fourth-order valence-corrected chi connectivity index (χ4v) is 3.98. The van der Waals surface area contributed by atoms with Gasteiger partial charge in [-0.25, -0.2) is 4.68 Å². The molecule has 0 aliphatic carbocycles. The first kappa shape index (κ1) is 19.5. The molecule has 4 aromatic rings. The number of fused-ring (bicyclic) bond motifs is 1. The number of hydrogen-bond donors (Lipinski definition) is 0. The van der Waals surface area contributed by atoms with Gasteiger partial charge in [-0.1, -0.05) is 60.7 Å². The lowest BCUT2D eigenvalue weighted by Gasteiger charge is -2.28. The summed E-state index contributed by atoms with van der Waals surface area (Å²) in [5.74, 6) is 1.85. The van der Waals surface area contributed by atoms with E-state index in [2.05, 4.69) is 65.6 Å². The van der Waals surface area contributed by atoms with Crippen molar-refractivity contribution in [1.82, 2.24) is 14.7 Å². The second-order valence-electron chi connectivity index (χ2n) is 7.36. The van der Waals surface area contributed by atoms with Crippen LogP contribution < -0.4 is 9.47 Å². The summed E-state index contributed by atoms with van der Waals surface area (Å²) in [5.41, 5.74) is 3.18. The van der Waals surface area contributed by atoms with Crippen LogP contribution in [0.5, 0.6) is 11.5 Å². The number of hydrogen-bond acceptors (Lipinski definition) is 6. The molecule has 31 heavy (non-hydrogen) atoms. The molecule has 0 unspecified atom stereocenters. The highest BCUT2D eigenvalue weighted by atomic mass is 32.1. The molecule has 1 aliphatic heterocycles. The standard InChI is InChI=1S/C24H21N3O3S/c1-26(22(17-8-4-2-5-9-17)18-10-6-3-7-11-18)15-27-24(31)30-23(25-27)19-12-13-20-21(14-19)29-16-28-20/h2-14,22H,15-16H2,1H3. The summed E-state index contributed by atoms with van der Waals surface area (Å²) in [4.78, 5) is 2.52. The van der Waals surface area contributed by atoms with E-state index in [0.29, 0.717) is 23.1 Å². The molecular weight excluding hydrogens is 410 g/mol. The number of rotatable bonds is 6. The van der Waals surface area contributed by atoms with Gasteiger partial charge in [0.05, 0.1) is 12.7 Å². The molecule has 5 rings (SSSR count). The third-order valence-electron chi connectivity index (χ3n) is 5.25. The van der Waals surface area contributed by atoms with E-state index in [0.717, 1.165) is 11.3 Å². The van der Waals surface area contributed by atoms with E-state index in [1.807, 2.05) is 30.3 Å². The molecule has 2 heterocycles. The normalized spacial score (nSPS) is 12.6. The van der Waals surface area contributed by atoms with E-state index in [1.54, 1.807) is 4.68 Å². The zero-order valence-electron chi connectivity index (χ0n) is 17.0. The van der Waals surface area contributed by atoms with E-state index in [-0.39, 0.29) is 12.8 Å². The van der Waals surface area contributed by atoms with Gasteiger partial charge in [-0.05, 0) is 48.6 Å². The van der Waals surface area contributed by atoms with Crippen molar-refractivity contribution >= 4 is 12.2 Å². The Bertz CT molecular complexity index is 1200. The zero-order chi connectivity index (χ0) is 21.2. The van der Waals surface area contributed by atoms with Gasteiger partial charge in [-0.15, -0.1) is 5.10 Å². The lowest BCUT2D eigenvalue weighted by molar-refractivity contribution is 0.174. The molecule has 0 N–H and O–H groups in total. The van der Waals surface area contributed by atoms with E-state index in [9.17, 15) is 0 Å². The molecule has 1 aliphatic rings. The molecular formula is C24H21N3O3S. The van der Waals surface area contributed by atoms with Gasteiger partial charge in [0.1, 0.15) is 0 Å². The van der Waals surface area contributed by atoms with Crippen molar-refractivity contribution in [1.29, 1.82) is 0 Å². The predicted octanol–water partition coefficient (Wildman–Crippen LogP) is 5.28. The number of benzene rings is 3. The van der Waals surface area contributed by atoms with Crippen LogP contribution >= 0.6 is 12.2 Å². The van der Waals surface area contributed by atoms with Gasteiger partial charge in [0, 0.05) is 5.56 Å². The Morgan fingerprint density at radius 2 is 1.58 bits per heavy atom. The van der Waals surface area contributed by atoms with Crippen molar-refractivity contribution in [2.24, 2.45) is 0 Å². The van der Waals surface area contributed by atoms with Crippen LogP contribution in [0.1, 0.15) is 17.2 Å². The quantitative estimate of drug-likeness (QED) is 0.387. The Hall–Kier alpha value is -3.42. The van der Waals surface area contributed by atoms with Gasteiger partial charge in [-0.2, -0.15) is 0 Å². The average Bonchev–Trinajstić information content (AvgIpc) is 3.41. The highest BCUT2D eigenvalue weighted by Crippen LogP contribution is 2.35. The van der Waals surface area contributed by atoms with Gasteiger partial charge < -0.3 is 13.9 Å². The molecule has 7 heteroatoms. The van der Waals surface area contributed by atoms with Gasteiger partial charge in [0.2, 0.25) is 12.7 Å². The number of ether oxygens (including phenoxy) is 2. The number of aromatic nitrogens is 2. The summed E-state index contributed by atoms with van der Waals surface area (Å²) in [6.07, 6.45) is 0.